The standard InChI is InChI=1S/C33H59N3O13/c1-26(2)32(28(4)37)35-30(39)6-9-42-11-13-44-15-17-46-19-21-48-23-24-49-22-20-47-18-16-45-14-12-43-10-7-34-29(38)5-8-36-31(40)25-27(3)33(36)41/h26-27,32H,5-25H2,1-4H3,(H,34,38)(H,35,39). The Morgan fingerprint density at radius 2 is 1.06 bits per heavy atom. The van der Waals surface area contributed by atoms with Crippen molar-refractivity contribution in [1.82, 2.24) is 15.5 Å². The molecule has 0 spiro atoms. The van der Waals surface area contributed by atoms with Crippen LogP contribution in [0.3, 0.4) is 0 Å². The molecule has 1 saturated heterocycles. The van der Waals surface area contributed by atoms with E-state index in [1.807, 2.05) is 13.8 Å². The Morgan fingerprint density at radius 3 is 1.43 bits per heavy atom. The van der Waals surface area contributed by atoms with Gasteiger partial charge in [0.15, 0.2) is 5.78 Å². The normalized spacial score (nSPS) is 15.3. The molecule has 16 heteroatoms. The highest BCUT2D eigenvalue weighted by Gasteiger charge is 2.35. The van der Waals surface area contributed by atoms with Crippen LogP contribution < -0.4 is 10.6 Å². The van der Waals surface area contributed by atoms with Gasteiger partial charge in [0.25, 0.3) is 0 Å². The number of Topliss-reactive ketones (excluding diaryl/α,β-unsaturated/α-hetero) is 1. The van der Waals surface area contributed by atoms with Crippen molar-refractivity contribution in [1.29, 1.82) is 0 Å². The van der Waals surface area contributed by atoms with Crippen LogP contribution in [-0.2, 0) is 61.9 Å². The number of amides is 4. The Labute approximate surface area is 290 Å². The molecule has 0 aromatic carbocycles. The van der Waals surface area contributed by atoms with E-state index in [-0.39, 0.29) is 73.7 Å². The Bertz CT molecular complexity index is 938. The molecule has 0 bridgehead atoms. The SMILES string of the molecule is CC(=O)C(NC(=O)CCOCCOCCOCCOCCOCCOCCOCCOCCNC(=O)CCN1C(=O)CC(C)C1=O)C(C)C. The number of hydrogen-bond donors (Lipinski definition) is 2. The molecule has 0 saturated carbocycles. The van der Waals surface area contributed by atoms with Gasteiger partial charge in [0.2, 0.25) is 23.6 Å². The Balaban J connectivity index is 1.73. The average molecular weight is 706 g/mol. The minimum Gasteiger partial charge on any atom is -0.379 e. The van der Waals surface area contributed by atoms with Gasteiger partial charge in [-0.3, -0.25) is 28.9 Å². The quantitative estimate of drug-likeness (QED) is 0.0695. The lowest BCUT2D eigenvalue weighted by atomic mass is 10.0. The van der Waals surface area contributed by atoms with E-state index in [0.717, 1.165) is 4.90 Å². The lowest BCUT2D eigenvalue weighted by molar-refractivity contribution is -0.139. The molecule has 0 radical (unpaired) electrons. The predicted octanol–water partition coefficient (Wildman–Crippen LogP) is 0.140. The number of rotatable bonds is 33. The molecule has 49 heavy (non-hydrogen) atoms. The first-order valence-corrected chi connectivity index (χ1v) is 17.2. The van der Waals surface area contributed by atoms with E-state index in [1.54, 1.807) is 6.92 Å². The summed E-state index contributed by atoms with van der Waals surface area (Å²) in [6, 6.07) is -0.464. The molecule has 16 nitrogen and oxygen atoms in total. The summed E-state index contributed by atoms with van der Waals surface area (Å²) in [5.41, 5.74) is 0. The molecule has 1 aliphatic rings. The summed E-state index contributed by atoms with van der Waals surface area (Å²) in [6.07, 6.45) is 0.484. The Morgan fingerprint density at radius 1 is 0.653 bits per heavy atom. The van der Waals surface area contributed by atoms with Crippen LogP contribution in [-0.4, -0.2) is 159 Å². The number of ether oxygens (including phenoxy) is 8. The number of likely N-dealkylation sites (tertiary alicyclic amines) is 1. The van der Waals surface area contributed by atoms with Crippen LogP contribution in [0.15, 0.2) is 0 Å². The first-order valence-electron chi connectivity index (χ1n) is 17.2. The van der Waals surface area contributed by atoms with Crippen molar-refractivity contribution < 1.29 is 61.9 Å². The van der Waals surface area contributed by atoms with Crippen molar-refractivity contribution in [3.8, 4) is 0 Å². The van der Waals surface area contributed by atoms with Gasteiger partial charge in [-0.1, -0.05) is 20.8 Å². The van der Waals surface area contributed by atoms with Crippen LogP contribution in [0.1, 0.15) is 47.0 Å². The molecule has 2 N–H and O–H groups in total. The van der Waals surface area contributed by atoms with Crippen molar-refractivity contribution >= 4 is 29.4 Å². The van der Waals surface area contributed by atoms with E-state index >= 15 is 0 Å². The third-order valence-corrected chi connectivity index (χ3v) is 7.10. The van der Waals surface area contributed by atoms with Gasteiger partial charge in [0, 0.05) is 38.3 Å². The molecule has 284 valence electrons. The van der Waals surface area contributed by atoms with Gasteiger partial charge in [0.05, 0.1) is 112 Å². The van der Waals surface area contributed by atoms with E-state index in [2.05, 4.69) is 10.6 Å². The Hall–Kier alpha value is -2.57. The van der Waals surface area contributed by atoms with Gasteiger partial charge in [-0.05, 0) is 12.8 Å². The fraction of sp³-hybridized carbons (Fsp3) is 0.848. The molecule has 1 aliphatic heterocycles. The number of imide groups is 1. The van der Waals surface area contributed by atoms with Crippen LogP contribution in [0.25, 0.3) is 0 Å². The fourth-order valence-corrected chi connectivity index (χ4v) is 4.44. The van der Waals surface area contributed by atoms with Crippen molar-refractivity contribution in [2.24, 2.45) is 11.8 Å². The van der Waals surface area contributed by atoms with E-state index in [4.69, 9.17) is 37.9 Å². The molecule has 1 fully saturated rings. The number of nitrogens with one attached hydrogen (secondary N) is 2. The topological polar surface area (TPSA) is 186 Å². The van der Waals surface area contributed by atoms with Gasteiger partial charge in [0.1, 0.15) is 0 Å². The molecule has 0 aromatic rings. The van der Waals surface area contributed by atoms with Crippen molar-refractivity contribution in [2.75, 3.05) is 119 Å². The van der Waals surface area contributed by atoms with Gasteiger partial charge in [-0.2, -0.15) is 0 Å². The summed E-state index contributed by atoms with van der Waals surface area (Å²) in [5, 5.41) is 5.44. The van der Waals surface area contributed by atoms with E-state index in [9.17, 15) is 24.0 Å². The Kier molecular flexibility index (Phi) is 26.5. The molecule has 4 amide bonds. The minimum absolute atomic E-state index is 0.0457. The predicted molar refractivity (Wildman–Crippen MR) is 177 cm³/mol. The maximum absolute atomic E-state index is 11.9. The monoisotopic (exact) mass is 705 g/mol. The van der Waals surface area contributed by atoms with Crippen LogP contribution in [0, 0.1) is 11.8 Å². The molecule has 0 aliphatic carbocycles. The highest BCUT2D eigenvalue weighted by molar-refractivity contribution is 6.03. The third kappa shape index (κ3) is 23.5. The largest absolute Gasteiger partial charge is 0.379 e. The van der Waals surface area contributed by atoms with Crippen molar-refractivity contribution in [3.05, 3.63) is 0 Å². The van der Waals surface area contributed by atoms with Crippen LogP contribution in [0.4, 0.5) is 0 Å². The molecular formula is C33H59N3O13. The van der Waals surface area contributed by atoms with E-state index in [1.165, 1.54) is 6.92 Å². The van der Waals surface area contributed by atoms with E-state index in [0.29, 0.717) is 106 Å². The van der Waals surface area contributed by atoms with Gasteiger partial charge < -0.3 is 48.5 Å². The van der Waals surface area contributed by atoms with Gasteiger partial charge in [-0.25, -0.2) is 0 Å². The molecule has 1 rings (SSSR count). The molecule has 2 unspecified atom stereocenters. The van der Waals surface area contributed by atoms with Crippen LogP contribution >= 0.6 is 0 Å². The summed E-state index contributed by atoms with van der Waals surface area (Å²) in [4.78, 5) is 60.1. The second kappa shape index (κ2) is 29.2. The van der Waals surface area contributed by atoms with Crippen molar-refractivity contribution in [2.45, 2.75) is 53.0 Å². The van der Waals surface area contributed by atoms with Crippen LogP contribution in [0.2, 0.25) is 0 Å². The molecular weight excluding hydrogens is 646 g/mol. The number of ketones is 1. The summed E-state index contributed by atoms with van der Waals surface area (Å²) < 4.78 is 43.5. The lowest BCUT2D eigenvalue weighted by Crippen LogP contribution is -2.43. The summed E-state index contributed by atoms with van der Waals surface area (Å²) in [6.45, 7) is 14.0. The number of carbonyl (C=O) groups is 5. The minimum atomic E-state index is -0.464. The maximum Gasteiger partial charge on any atom is 0.232 e. The number of nitrogens with zero attached hydrogens (tertiary/aromatic N) is 1. The number of hydrogen-bond acceptors (Lipinski definition) is 13. The highest BCUT2D eigenvalue weighted by atomic mass is 16.6. The summed E-state index contributed by atoms with van der Waals surface area (Å²) >= 11 is 0. The molecule has 1 heterocycles. The highest BCUT2D eigenvalue weighted by Crippen LogP contribution is 2.18. The summed E-state index contributed by atoms with van der Waals surface area (Å²) in [7, 11) is 0. The van der Waals surface area contributed by atoms with E-state index < -0.39 is 6.04 Å². The van der Waals surface area contributed by atoms with Gasteiger partial charge in [-0.15, -0.1) is 0 Å². The molecule has 2 atom stereocenters. The zero-order valence-electron chi connectivity index (χ0n) is 29.8. The summed E-state index contributed by atoms with van der Waals surface area (Å²) in [5.74, 6) is -1.19. The van der Waals surface area contributed by atoms with Crippen LogP contribution in [0.5, 0.6) is 0 Å². The smallest absolute Gasteiger partial charge is 0.232 e. The second-order valence-electron chi connectivity index (χ2n) is 11.6. The first-order chi connectivity index (χ1) is 23.6. The van der Waals surface area contributed by atoms with Crippen molar-refractivity contribution in [3.63, 3.8) is 0 Å². The fourth-order valence-electron chi connectivity index (χ4n) is 4.44. The average Bonchev–Trinajstić information content (AvgIpc) is 3.30. The zero-order chi connectivity index (χ0) is 36.1. The zero-order valence-corrected chi connectivity index (χ0v) is 29.8. The molecule has 0 aromatic heterocycles. The van der Waals surface area contributed by atoms with Gasteiger partial charge >= 0.3 is 0 Å². The number of carbonyl (C=O) groups excluding carboxylic acids is 5. The third-order valence-electron chi connectivity index (χ3n) is 7.10. The second-order valence-corrected chi connectivity index (χ2v) is 11.6. The maximum atomic E-state index is 11.9. The first kappa shape index (κ1) is 44.5. The lowest BCUT2D eigenvalue weighted by Gasteiger charge is -2.19.